The maximum Gasteiger partial charge on any atom is 0.246 e. The second kappa shape index (κ2) is 51.2. The number of aromatic nitrogens is 1. The predicted octanol–water partition coefficient (Wildman–Crippen LogP) is 4.04. The van der Waals surface area contributed by atoms with Crippen molar-refractivity contribution in [1.82, 2.24) is 52.4 Å². The molecule has 23 N–H and O–H groups in total. The lowest BCUT2D eigenvalue weighted by molar-refractivity contribution is -0.143. The van der Waals surface area contributed by atoms with E-state index in [1.165, 1.54) is 87.3 Å². The Labute approximate surface area is 621 Å². The van der Waals surface area contributed by atoms with Crippen LogP contribution in [0.3, 0.4) is 0 Å². The molecule has 0 unspecified atom stereocenters. The first-order chi connectivity index (χ1) is 50.1. The van der Waals surface area contributed by atoms with Crippen LogP contribution in [0.15, 0.2) is 70.8 Å². The number of carbonyl (C=O) groups excluding carboxylic acids is 9. The first-order valence-corrected chi connectivity index (χ1v) is 39.6. The van der Waals surface area contributed by atoms with Crippen molar-refractivity contribution in [2.45, 2.75) is 261 Å². The number of aromatic amines is 1. The minimum Gasteiger partial charge on any atom is -0.370 e. The highest BCUT2D eigenvalue weighted by Gasteiger charge is 2.40. The quantitative estimate of drug-likeness (QED) is 0.0215. The monoisotopic (exact) mass is 1470 g/mol. The van der Waals surface area contributed by atoms with Crippen LogP contribution in [-0.4, -0.2) is 181 Å². The van der Waals surface area contributed by atoms with Crippen LogP contribution < -0.4 is 82.7 Å². The molecule has 0 bridgehead atoms. The van der Waals surface area contributed by atoms with E-state index in [4.69, 9.17) is 40.1 Å². The van der Waals surface area contributed by atoms with Crippen LogP contribution in [0.1, 0.15) is 205 Å². The number of aliphatic imine (C=N–C) groups is 2. The van der Waals surface area contributed by atoms with E-state index in [0.717, 1.165) is 41.3 Å². The van der Waals surface area contributed by atoms with Crippen LogP contribution in [0.25, 0.3) is 10.9 Å². The summed E-state index contributed by atoms with van der Waals surface area (Å²) in [6, 6.07) is 6.26. The summed E-state index contributed by atoms with van der Waals surface area (Å²) in [5, 5.41) is 23.8. The number of thioether (sulfide) groups is 1. The van der Waals surface area contributed by atoms with Gasteiger partial charge in [-0.3, -0.25) is 53.1 Å². The summed E-state index contributed by atoms with van der Waals surface area (Å²) in [6.07, 6.45) is 24.2. The fourth-order valence-corrected chi connectivity index (χ4v) is 13.3. The van der Waals surface area contributed by atoms with Crippen molar-refractivity contribution >= 4 is 87.7 Å². The number of fused-ring (bicyclic) bond motifs is 1. The van der Waals surface area contributed by atoms with Crippen LogP contribution >= 0.6 is 11.8 Å². The van der Waals surface area contributed by atoms with E-state index >= 15 is 0 Å². The van der Waals surface area contributed by atoms with Crippen molar-refractivity contribution in [2.75, 3.05) is 51.3 Å². The molecule has 2 heterocycles. The summed E-state index contributed by atoms with van der Waals surface area (Å²) >= 11 is 1.43. The van der Waals surface area contributed by atoms with E-state index in [-0.39, 0.29) is 102 Å². The van der Waals surface area contributed by atoms with E-state index < -0.39 is 108 Å². The first kappa shape index (κ1) is 88.4. The van der Waals surface area contributed by atoms with Gasteiger partial charge in [0.15, 0.2) is 11.9 Å². The number of para-hydroxylation sites is 1. The molecule has 9 atom stereocenters. The second-order valence-corrected chi connectivity index (χ2v) is 28.8. The van der Waals surface area contributed by atoms with Gasteiger partial charge in [-0.2, -0.15) is 11.8 Å². The number of rotatable bonds is 55. The Morgan fingerprint density at radius 1 is 0.529 bits per heavy atom. The highest BCUT2D eigenvalue weighted by Crippen LogP contribution is 2.23. The molecule has 1 fully saturated rings. The molecule has 9 amide bonds. The van der Waals surface area contributed by atoms with Gasteiger partial charge >= 0.3 is 0 Å². The molecule has 29 heteroatoms. The molecule has 1 aliphatic rings. The van der Waals surface area contributed by atoms with Crippen molar-refractivity contribution in [2.24, 2.45) is 56.0 Å². The van der Waals surface area contributed by atoms with Gasteiger partial charge in [0.1, 0.15) is 48.3 Å². The summed E-state index contributed by atoms with van der Waals surface area (Å²) in [5.74, 6) is -6.05. The number of nitrogens with zero attached hydrogens (tertiary/aromatic N) is 3. The van der Waals surface area contributed by atoms with Crippen LogP contribution in [0, 0.1) is 5.92 Å². The number of nitrogens with two attached hydrogens (primary N) is 7. The Bertz CT molecular complexity index is 3110. The van der Waals surface area contributed by atoms with Gasteiger partial charge in [0.05, 0.1) is 6.04 Å². The average molecular weight is 1470 g/mol. The van der Waals surface area contributed by atoms with Gasteiger partial charge in [-0.15, -0.1) is 0 Å². The van der Waals surface area contributed by atoms with Crippen LogP contribution in [-0.2, 0) is 56.0 Å². The fraction of sp³-hybridized carbons (Fsp3) is 0.667. The molecule has 2 aromatic carbocycles. The smallest absolute Gasteiger partial charge is 0.246 e. The molecular weight excluding hydrogens is 1340 g/mol. The van der Waals surface area contributed by atoms with Gasteiger partial charge < -0.3 is 92.6 Å². The van der Waals surface area contributed by atoms with Crippen LogP contribution in [0.5, 0.6) is 0 Å². The Morgan fingerprint density at radius 2 is 0.971 bits per heavy atom. The average Bonchev–Trinajstić information content (AvgIpc) is 1.64. The van der Waals surface area contributed by atoms with Crippen molar-refractivity contribution < 1.29 is 43.2 Å². The normalized spacial score (nSPS) is 15.1. The lowest BCUT2D eigenvalue weighted by atomic mass is 10.0. The Hall–Kier alpha value is -8.02. The lowest BCUT2D eigenvalue weighted by Crippen LogP contribution is -2.61. The topological polar surface area (TPSA) is 476 Å². The Kier molecular flexibility index (Phi) is 43.5. The third-order valence-corrected chi connectivity index (χ3v) is 19.5. The molecule has 3 aromatic rings. The summed E-state index contributed by atoms with van der Waals surface area (Å²) in [4.78, 5) is 143. The molecule has 1 aromatic heterocycles. The fourth-order valence-electron chi connectivity index (χ4n) is 12.8. The standard InChI is InChI=1S/C75H127N19O9S/c1-5-6-7-8-9-10-11-12-13-14-15-16-17-27-43-83-72(102)63-39-30-46-94(63)73(103)64(51(2)3)93-70(100)60(38-29-45-85-75(81)82)90-67(97)57(35-23-25-41-76)87-68(98)59(37-28-44-84-74(79)80)89-66(96)58(36-24-26-42-77)88-69(99)61(40-47-104-4)91-71(101)62(49-53-50-86-56-34-22-21-33-54(53)56)92-65(95)55(78)48-52-31-19-18-20-32-52/h18-22,31-34,50-51,55,57-64,86H,5-17,23-30,35-49,76-78H2,1-4H3,(H,83,102)(H,87,98)(H,88,99)(H,89,96)(H,90,97)(H,91,101)(H,92,95)(H,93,100)(H4,79,80,84)(H4,81,82,85)/t55-,57-,58-,59-,60-,61-,62-,63-,64-/m0/s1. The van der Waals surface area contributed by atoms with Crippen molar-refractivity contribution in [1.29, 1.82) is 0 Å². The number of hydrogen-bond donors (Lipinski definition) is 16. The minimum atomic E-state index is -1.36. The Morgan fingerprint density at radius 3 is 1.45 bits per heavy atom. The number of unbranched alkanes of at least 4 members (excludes halogenated alkanes) is 15. The van der Waals surface area contributed by atoms with E-state index in [1.807, 2.05) is 60.9 Å². The van der Waals surface area contributed by atoms with Gasteiger partial charge in [-0.1, -0.05) is 153 Å². The number of benzene rings is 2. The van der Waals surface area contributed by atoms with Crippen molar-refractivity contribution in [3.05, 3.63) is 71.9 Å². The molecule has 0 spiro atoms. The molecule has 0 saturated carbocycles. The molecule has 104 heavy (non-hydrogen) atoms. The van der Waals surface area contributed by atoms with Crippen molar-refractivity contribution in [3.63, 3.8) is 0 Å². The van der Waals surface area contributed by atoms with Crippen molar-refractivity contribution in [3.8, 4) is 0 Å². The predicted molar refractivity (Wildman–Crippen MR) is 415 cm³/mol. The number of likely N-dealkylation sites (tertiary alicyclic amines) is 1. The van der Waals surface area contributed by atoms with Crippen LogP contribution in [0.4, 0.5) is 0 Å². The maximum atomic E-state index is 14.8. The molecule has 1 saturated heterocycles. The largest absolute Gasteiger partial charge is 0.370 e. The molecule has 1 aliphatic heterocycles. The third kappa shape index (κ3) is 33.8. The SMILES string of the molecule is CCCCCCCCCCCCCCCCNC(=O)[C@@H]1CCCN1C(=O)[C@@H](NC(=O)[C@H](CCCN=C(N)N)NC(=O)[C@H](CCCCN)NC(=O)[C@H](CCCN=C(N)N)NC(=O)[C@H](CCCCN)NC(=O)[C@H](CCSC)NC(=O)[C@H](Cc1c[nH]c2ccccc12)NC(=O)[C@@H](N)Cc1ccccc1)C(C)C. The number of H-pyrrole nitrogens is 1. The van der Waals surface area contributed by atoms with Gasteiger partial charge in [0.25, 0.3) is 0 Å². The summed E-state index contributed by atoms with van der Waals surface area (Å²) in [6.45, 7) is 7.30. The molecule has 582 valence electrons. The zero-order chi connectivity index (χ0) is 76.0. The number of carbonyl (C=O) groups is 9. The Balaban J connectivity index is 1.53. The van der Waals surface area contributed by atoms with Gasteiger partial charge in [-0.05, 0) is 145 Å². The van der Waals surface area contributed by atoms with Gasteiger partial charge in [0.2, 0.25) is 53.2 Å². The van der Waals surface area contributed by atoms with Gasteiger partial charge in [-0.25, -0.2) is 0 Å². The van der Waals surface area contributed by atoms with E-state index in [0.29, 0.717) is 57.4 Å². The maximum absolute atomic E-state index is 14.8. The number of hydrogen-bond acceptors (Lipinski definition) is 15. The zero-order valence-electron chi connectivity index (χ0n) is 62.5. The van der Waals surface area contributed by atoms with E-state index in [1.54, 1.807) is 20.0 Å². The second-order valence-electron chi connectivity index (χ2n) is 27.8. The van der Waals surface area contributed by atoms with Gasteiger partial charge in [0, 0.05) is 49.7 Å². The molecule has 28 nitrogen and oxygen atoms in total. The molecular formula is C75H127N19O9S. The van der Waals surface area contributed by atoms with Crippen LogP contribution in [0.2, 0.25) is 0 Å². The summed E-state index contributed by atoms with van der Waals surface area (Å²) < 4.78 is 0. The summed E-state index contributed by atoms with van der Waals surface area (Å²) in [7, 11) is 0. The zero-order valence-corrected chi connectivity index (χ0v) is 63.3. The highest BCUT2D eigenvalue weighted by molar-refractivity contribution is 7.98. The minimum absolute atomic E-state index is 0.000561. The highest BCUT2D eigenvalue weighted by atomic mass is 32.2. The third-order valence-electron chi connectivity index (χ3n) is 18.8. The molecule has 0 radical (unpaired) electrons. The number of guanidine groups is 2. The number of nitrogens with one attached hydrogen (secondary N) is 9. The van der Waals surface area contributed by atoms with E-state index in [9.17, 15) is 43.2 Å². The molecule has 4 rings (SSSR count). The number of amides is 9. The molecule has 0 aliphatic carbocycles. The summed E-state index contributed by atoms with van der Waals surface area (Å²) in [5.41, 5.74) is 43.3. The lowest BCUT2D eigenvalue weighted by Gasteiger charge is -2.32. The van der Waals surface area contributed by atoms with E-state index in [2.05, 4.69) is 64.4 Å². The first-order valence-electron chi connectivity index (χ1n) is 38.2.